The highest BCUT2D eigenvalue weighted by Crippen LogP contribution is 2.09. The lowest BCUT2D eigenvalue weighted by Gasteiger charge is -2.19. The van der Waals surface area contributed by atoms with Crippen LogP contribution >= 0.6 is 0 Å². The summed E-state index contributed by atoms with van der Waals surface area (Å²) in [6, 6.07) is 8.52. The third-order valence-corrected chi connectivity index (χ3v) is 2.77. The number of amides is 1. The maximum Gasteiger partial charge on any atom is 0.332 e. The highest BCUT2D eigenvalue weighted by atomic mass is 16.5. The lowest BCUT2D eigenvalue weighted by atomic mass is 10.3. The highest BCUT2D eigenvalue weighted by Gasteiger charge is 2.22. The van der Waals surface area contributed by atoms with E-state index in [1.54, 1.807) is 6.92 Å². The van der Waals surface area contributed by atoms with Gasteiger partial charge in [0.2, 0.25) is 5.91 Å². The predicted octanol–water partition coefficient (Wildman–Crippen LogP) is 0.129. The Morgan fingerprint density at radius 2 is 2.00 bits per heavy atom. The fraction of sp³-hybridized carbons (Fsp3) is 0.429. The molecule has 1 aromatic carbocycles. The van der Waals surface area contributed by atoms with E-state index >= 15 is 0 Å². The Morgan fingerprint density at radius 3 is 2.60 bits per heavy atom. The van der Waals surface area contributed by atoms with E-state index in [1.807, 2.05) is 42.3 Å². The number of para-hydroxylation sites is 1. The number of rotatable bonds is 7. The van der Waals surface area contributed by atoms with E-state index in [4.69, 9.17) is 5.73 Å². The highest BCUT2D eigenvalue weighted by molar-refractivity contribution is 6.01. The van der Waals surface area contributed by atoms with Gasteiger partial charge < -0.3 is 20.7 Å². The number of hydrogen-bond acceptors (Lipinski definition) is 5. The molecule has 1 aromatic rings. The van der Waals surface area contributed by atoms with Gasteiger partial charge in [-0.1, -0.05) is 18.2 Å². The third kappa shape index (κ3) is 4.89. The molecule has 0 bridgehead atoms. The fourth-order valence-electron chi connectivity index (χ4n) is 1.61. The number of nitrogens with one attached hydrogen (secondary N) is 1. The summed E-state index contributed by atoms with van der Waals surface area (Å²) < 4.78 is 4.69. The average Bonchev–Trinajstić information content (AvgIpc) is 2.47. The maximum absolute atomic E-state index is 11.6. The zero-order valence-electron chi connectivity index (χ0n) is 11.8. The number of carbonyl (C=O) groups is 2. The summed E-state index contributed by atoms with van der Waals surface area (Å²) in [6.07, 6.45) is 0. The van der Waals surface area contributed by atoms with Crippen molar-refractivity contribution in [3.63, 3.8) is 0 Å². The zero-order chi connectivity index (χ0) is 15.0. The van der Waals surface area contributed by atoms with Crippen molar-refractivity contribution in [3.05, 3.63) is 30.3 Å². The number of anilines is 1. The SMILES string of the molecule is CCOC(=O)C(N)C(=O)NCCN(C)c1ccccc1. The van der Waals surface area contributed by atoms with Crippen LogP contribution in [0.4, 0.5) is 5.69 Å². The molecule has 1 atom stereocenters. The van der Waals surface area contributed by atoms with Gasteiger partial charge in [-0.3, -0.25) is 4.79 Å². The Hall–Kier alpha value is -2.08. The molecule has 6 nitrogen and oxygen atoms in total. The number of esters is 1. The first-order valence-corrected chi connectivity index (χ1v) is 6.52. The average molecular weight is 279 g/mol. The van der Waals surface area contributed by atoms with Gasteiger partial charge in [-0.05, 0) is 19.1 Å². The van der Waals surface area contributed by atoms with Crippen molar-refractivity contribution in [3.8, 4) is 0 Å². The van der Waals surface area contributed by atoms with Crippen LogP contribution in [-0.2, 0) is 14.3 Å². The topological polar surface area (TPSA) is 84.7 Å². The van der Waals surface area contributed by atoms with E-state index in [9.17, 15) is 9.59 Å². The van der Waals surface area contributed by atoms with Crippen molar-refractivity contribution in [2.45, 2.75) is 13.0 Å². The molecule has 0 aliphatic heterocycles. The molecular weight excluding hydrogens is 258 g/mol. The number of likely N-dealkylation sites (N-methyl/N-ethyl adjacent to an activating group) is 1. The van der Waals surface area contributed by atoms with Crippen LogP contribution in [0.2, 0.25) is 0 Å². The molecular formula is C14H21N3O3. The first-order chi connectivity index (χ1) is 9.56. The van der Waals surface area contributed by atoms with Crippen molar-refractivity contribution in [1.29, 1.82) is 0 Å². The van der Waals surface area contributed by atoms with Crippen molar-refractivity contribution < 1.29 is 14.3 Å². The lowest BCUT2D eigenvalue weighted by Crippen LogP contribution is -2.48. The quantitative estimate of drug-likeness (QED) is 0.547. The van der Waals surface area contributed by atoms with E-state index in [0.717, 1.165) is 5.69 Å². The summed E-state index contributed by atoms with van der Waals surface area (Å²) >= 11 is 0. The first-order valence-electron chi connectivity index (χ1n) is 6.52. The molecule has 110 valence electrons. The molecule has 1 amide bonds. The van der Waals surface area contributed by atoms with Gasteiger partial charge in [0, 0.05) is 25.8 Å². The van der Waals surface area contributed by atoms with Crippen LogP contribution in [0.1, 0.15) is 6.92 Å². The molecule has 3 N–H and O–H groups in total. The number of ether oxygens (including phenoxy) is 1. The van der Waals surface area contributed by atoms with Gasteiger partial charge in [0.25, 0.3) is 0 Å². The first kappa shape index (κ1) is 16.0. The second kappa shape index (κ2) is 8.16. The molecule has 0 aromatic heterocycles. The molecule has 0 aliphatic carbocycles. The summed E-state index contributed by atoms with van der Waals surface area (Å²) in [6.45, 7) is 2.89. The van der Waals surface area contributed by atoms with Gasteiger partial charge >= 0.3 is 5.97 Å². The van der Waals surface area contributed by atoms with Crippen molar-refractivity contribution in [1.82, 2.24) is 5.32 Å². The minimum atomic E-state index is -1.27. The standard InChI is InChI=1S/C14H21N3O3/c1-3-20-14(19)12(15)13(18)16-9-10-17(2)11-7-5-4-6-8-11/h4-8,12H,3,9-10,15H2,1-2H3,(H,16,18). The molecule has 1 rings (SSSR count). The largest absolute Gasteiger partial charge is 0.464 e. The third-order valence-electron chi connectivity index (χ3n) is 2.77. The number of carbonyl (C=O) groups excluding carboxylic acids is 2. The second-order valence-corrected chi connectivity index (χ2v) is 4.28. The Labute approximate surface area is 118 Å². The summed E-state index contributed by atoms with van der Waals surface area (Å²) in [4.78, 5) is 24.9. The number of benzene rings is 1. The van der Waals surface area contributed by atoms with Crippen LogP contribution < -0.4 is 16.0 Å². The van der Waals surface area contributed by atoms with E-state index < -0.39 is 17.9 Å². The minimum absolute atomic E-state index is 0.205. The predicted molar refractivity (Wildman–Crippen MR) is 77.3 cm³/mol. The zero-order valence-corrected chi connectivity index (χ0v) is 11.8. The molecule has 0 saturated carbocycles. The number of nitrogens with two attached hydrogens (primary N) is 1. The molecule has 20 heavy (non-hydrogen) atoms. The summed E-state index contributed by atoms with van der Waals surface area (Å²) in [5.41, 5.74) is 6.53. The van der Waals surface area contributed by atoms with Gasteiger partial charge in [0.05, 0.1) is 6.61 Å². The molecule has 0 saturated heterocycles. The molecule has 0 heterocycles. The van der Waals surface area contributed by atoms with Crippen molar-refractivity contribution >= 4 is 17.6 Å². The minimum Gasteiger partial charge on any atom is -0.464 e. The van der Waals surface area contributed by atoms with Crippen LogP contribution in [0.3, 0.4) is 0 Å². The van der Waals surface area contributed by atoms with Crippen LogP contribution in [0, 0.1) is 0 Å². The smallest absolute Gasteiger partial charge is 0.332 e. The van der Waals surface area contributed by atoms with Crippen molar-refractivity contribution in [2.24, 2.45) is 5.73 Å². The molecule has 0 aliphatic rings. The monoisotopic (exact) mass is 279 g/mol. The normalized spacial score (nSPS) is 11.6. The molecule has 0 spiro atoms. The van der Waals surface area contributed by atoms with Crippen molar-refractivity contribution in [2.75, 3.05) is 31.6 Å². The molecule has 0 radical (unpaired) electrons. The van der Waals surface area contributed by atoms with Gasteiger partial charge in [-0.15, -0.1) is 0 Å². The maximum atomic E-state index is 11.6. The van der Waals surface area contributed by atoms with Gasteiger partial charge in [0.1, 0.15) is 0 Å². The van der Waals surface area contributed by atoms with Gasteiger partial charge in [-0.2, -0.15) is 0 Å². The van der Waals surface area contributed by atoms with Crippen LogP contribution in [0.25, 0.3) is 0 Å². The van der Waals surface area contributed by atoms with Crippen LogP contribution in [-0.4, -0.2) is 44.7 Å². The molecule has 6 heteroatoms. The second-order valence-electron chi connectivity index (χ2n) is 4.28. The summed E-state index contributed by atoms with van der Waals surface area (Å²) in [5, 5.41) is 2.62. The van der Waals surface area contributed by atoms with E-state index in [2.05, 4.69) is 10.1 Å². The van der Waals surface area contributed by atoms with Crippen LogP contribution in [0.5, 0.6) is 0 Å². The Kier molecular flexibility index (Phi) is 6.52. The Morgan fingerprint density at radius 1 is 1.35 bits per heavy atom. The Bertz CT molecular complexity index is 437. The number of hydrogen-bond donors (Lipinski definition) is 2. The molecule has 0 fully saturated rings. The van der Waals surface area contributed by atoms with Gasteiger partial charge in [-0.25, -0.2) is 4.79 Å². The van der Waals surface area contributed by atoms with E-state index in [0.29, 0.717) is 13.1 Å². The lowest BCUT2D eigenvalue weighted by molar-refractivity contribution is -0.147. The Balaban J connectivity index is 2.33. The summed E-state index contributed by atoms with van der Waals surface area (Å²) in [7, 11) is 1.92. The van der Waals surface area contributed by atoms with E-state index in [1.165, 1.54) is 0 Å². The summed E-state index contributed by atoms with van der Waals surface area (Å²) in [5.74, 6) is -1.23. The fourth-order valence-corrected chi connectivity index (χ4v) is 1.61. The van der Waals surface area contributed by atoms with E-state index in [-0.39, 0.29) is 6.61 Å². The van der Waals surface area contributed by atoms with Gasteiger partial charge in [0.15, 0.2) is 6.04 Å². The molecule has 1 unspecified atom stereocenters. The number of nitrogens with zero attached hydrogens (tertiary/aromatic N) is 1. The van der Waals surface area contributed by atoms with Crippen LogP contribution in [0.15, 0.2) is 30.3 Å².